The van der Waals surface area contributed by atoms with Gasteiger partial charge in [0.25, 0.3) is 0 Å². The zero-order valence-electron chi connectivity index (χ0n) is 19.4. The molecule has 0 spiro atoms. The quantitative estimate of drug-likeness (QED) is 0.585. The van der Waals surface area contributed by atoms with E-state index in [-0.39, 0.29) is 0 Å². The molecule has 0 aromatic rings. The first-order chi connectivity index (χ1) is 13.8. The molecule has 0 aromatic carbocycles. The third-order valence-electron chi connectivity index (χ3n) is 4.29. The fraction of sp³-hybridized carbons (Fsp3) is 0.895. The number of rotatable bonds is 6. The van der Waals surface area contributed by atoms with Crippen LogP contribution in [0.25, 0.3) is 0 Å². The van der Waals surface area contributed by atoms with E-state index in [1.54, 1.807) is 41.5 Å². The summed E-state index contributed by atoms with van der Waals surface area (Å²) in [5.41, 5.74) is -1.37. The van der Waals surface area contributed by atoms with E-state index in [9.17, 15) is 26.4 Å². The Labute approximate surface area is 185 Å². The minimum absolute atomic E-state index is 0.407. The molecule has 0 saturated heterocycles. The first-order valence-electron chi connectivity index (χ1n) is 10.3. The highest BCUT2D eigenvalue weighted by molar-refractivity contribution is 7.91. The van der Waals surface area contributed by atoms with Gasteiger partial charge >= 0.3 is 12.2 Å². The van der Waals surface area contributed by atoms with Gasteiger partial charge in [0.2, 0.25) is 20.0 Å². The van der Waals surface area contributed by atoms with Crippen LogP contribution in [0.1, 0.15) is 87.0 Å². The first kappa shape index (κ1) is 27.5. The predicted octanol–water partition coefficient (Wildman–Crippen LogP) is 3.18. The van der Waals surface area contributed by atoms with Gasteiger partial charge < -0.3 is 9.47 Å². The zero-order valence-corrected chi connectivity index (χ0v) is 21.0. The van der Waals surface area contributed by atoms with Crippen molar-refractivity contribution in [1.82, 2.24) is 9.44 Å². The van der Waals surface area contributed by atoms with Crippen LogP contribution in [0.5, 0.6) is 0 Å². The number of ether oxygens (including phenoxy) is 2. The Morgan fingerprint density at radius 2 is 1.29 bits per heavy atom. The molecule has 182 valence electrons. The van der Waals surface area contributed by atoms with Crippen LogP contribution in [0.2, 0.25) is 0 Å². The predicted molar refractivity (Wildman–Crippen MR) is 116 cm³/mol. The van der Waals surface area contributed by atoms with Gasteiger partial charge in [0, 0.05) is 0 Å². The molecule has 31 heavy (non-hydrogen) atoms. The van der Waals surface area contributed by atoms with Crippen molar-refractivity contribution in [3.63, 3.8) is 0 Å². The van der Waals surface area contributed by atoms with Gasteiger partial charge in [0.15, 0.2) is 0 Å². The average molecular weight is 485 g/mol. The summed E-state index contributed by atoms with van der Waals surface area (Å²) < 4.78 is 59.5. The molecule has 0 atom stereocenters. The largest absolute Gasteiger partial charge is 0.443 e. The molecule has 12 heteroatoms. The molecule has 0 radical (unpaired) electrons. The van der Waals surface area contributed by atoms with E-state index in [1.165, 1.54) is 0 Å². The summed E-state index contributed by atoms with van der Waals surface area (Å²) in [6.45, 7) is 12.0. The lowest BCUT2D eigenvalue weighted by Gasteiger charge is -2.21. The molecular weight excluding hydrogens is 448 g/mol. The topological polar surface area (TPSA) is 145 Å². The van der Waals surface area contributed by atoms with Crippen LogP contribution in [-0.4, -0.2) is 50.2 Å². The third kappa shape index (κ3) is 9.63. The average Bonchev–Trinajstić information content (AvgIpc) is 3.37. The Morgan fingerprint density at radius 3 is 1.61 bits per heavy atom. The summed E-state index contributed by atoms with van der Waals surface area (Å²) in [5.74, 6) is 0. The maximum Gasteiger partial charge on any atom is 0.421 e. The molecule has 0 bridgehead atoms. The van der Waals surface area contributed by atoms with Gasteiger partial charge in [-0.25, -0.2) is 35.9 Å². The lowest BCUT2D eigenvalue weighted by Crippen LogP contribution is -2.42. The number of amides is 2. The number of carbonyl (C=O) groups is 2. The summed E-state index contributed by atoms with van der Waals surface area (Å²) in [6.07, 6.45) is 2.08. The molecule has 10 nitrogen and oxygen atoms in total. The van der Waals surface area contributed by atoms with Crippen molar-refractivity contribution in [2.24, 2.45) is 0 Å². The summed E-state index contributed by atoms with van der Waals surface area (Å²) in [4.78, 5) is 22.5. The van der Waals surface area contributed by atoms with Crippen LogP contribution in [-0.2, 0) is 29.5 Å². The van der Waals surface area contributed by atoms with Crippen LogP contribution in [0.15, 0.2) is 0 Å². The zero-order chi connectivity index (χ0) is 24.3. The van der Waals surface area contributed by atoms with Crippen LogP contribution in [0, 0.1) is 0 Å². The van der Waals surface area contributed by atoms with E-state index < -0.39 is 53.4 Å². The van der Waals surface area contributed by atoms with Gasteiger partial charge in [-0.15, -0.1) is 0 Å². The molecule has 2 fully saturated rings. The van der Waals surface area contributed by atoms with Crippen molar-refractivity contribution < 1.29 is 35.9 Å². The maximum absolute atomic E-state index is 12.0. The van der Waals surface area contributed by atoms with E-state index in [0.29, 0.717) is 32.1 Å². The van der Waals surface area contributed by atoms with Crippen molar-refractivity contribution in [2.75, 3.05) is 0 Å². The van der Waals surface area contributed by atoms with Crippen LogP contribution in [0.4, 0.5) is 9.59 Å². The van der Waals surface area contributed by atoms with Crippen molar-refractivity contribution in [3.05, 3.63) is 0 Å². The minimum Gasteiger partial charge on any atom is -0.443 e. The van der Waals surface area contributed by atoms with Crippen molar-refractivity contribution in [3.8, 4) is 0 Å². The first-order valence-corrected chi connectivity index (χ1v) is 13.4. The molecule has 2 N–H and O–H groups in total. The molecular formula is C19H36N2O8S2. The summed E-state index contributed by atoms with van der Waals surface area (Å²) in [6, 6.07) is 0. The van der Waals surface area contributed by atoms with Crippen LogP contribution >= 0.6 is 0 Å². The second kappa shape index (κ2) is 9.51. The van der Waals surface area contributed by atoms with Crippen molar-refractivity contribution >= 4 is 32.2 Å². The van der Waals surface area contributed by atoms with Crippen molar-refractivity contribution in [1.29, 1.82) is 0 Å². The second-order valence-electron chi connectivity index (χ2n) is 9.89. The van der Waals surface area contributed by atoms with E-state index in [4.69, 9.17) is 9.47 Å². The second-order valence-corrected chi connectivity index (χ2v) is 13.9. The van der Waals surface area contributed by atoms with Gasteiger partial charge in [-0.2, -0.15) is 0 Å². The Balaban J connectivity index is 0.000000316. The van der Waals surface area contributed by atoms with E-state index in [1.807, 2.05) is 16.4 Å². The van der Waals surface area contributed by atoms with Gasteiger partial charge in [0.05, 0.1) is 10.00 Å². The number of carbonyl (C=O) groups excluding carboxylic acids is 2. The summed E-state index contributed by atoms with van der Waals surface area (Å²) >= 11 is 0. The van der Waals surface area contributed by atoms with Crippen LogP contribution in [0.3, 0.4) is 0 Å². The lowest BCUT2D eigenvalue weighted by molar-refractivity contribution is 0.0557. The smallest absolute Gasteiger partial charge is 0.421 e. The van der Waals surface area contributed by atoms with Gasteiger partial charge in [-0.3, -0.25) is 0 Å². The molecule has 0 aliphatic heterocycles. The SMILES string of the molecule is CC(C)(C)OC(=O)NS(=O)(=O)C1CC1.CCCC1(S(=O)(=O)NC(=O)OC(C)(C)C)CC1. The van der Waals surface area contributed by atoms with Gasteiger partial charge in [-0.1, -0.05) is 13.3 Å². The van der Waals surface area contributed by atoms with E-state index >= 15 is 0 Å². The minimum atomic E-state index is -3.61. The summed E-state index contributed by atoms with van der Waals surface area (Å²) in [5, 5.41) is -0.407. The maximum atomic E-state index is 12.0. The highest BCUT2D eigenvalue weighted by Crippen LogP contribution is 2.46. The Morgan fingerprint density at radius 1 is 0.871 bits per heavy atom. The standard InChI is InChI=1S/C11H21NO4S.C8H15NO4S/c1-5-6-11(7-8-11)17(14,15)12-9(13)16-10(2,3)4;1-8(2,3)13-7(10)9-14(11,12)6-4-5-6/h5-8H2,1-4H3,(H,12,13);6H,4-5H2,1-3H3,(H,9,10). The Kier molecular flexibility index (Phi) is 8.43. The highest BCUT2D eigenvalue weighted by atomic mass is 32.2. The fourth-order valence-corrected chi connectivity index (χ4v) is 5.43. The fourth-order valence-electron chi connectivity index (χ4n) is 2.64. The Bertz CT molecular complexity index is 860. The summed E-state index contributed by atoms with van der Waals surface area (Å²) in [7, 11) is -7.09. The number of hydrogen-bond acceptors (Lipinski definition) is 8. The molecule has 2 amide bonds. The highest BCUT2D eigenvalue weighted by Gasteiger charge is 2.54. The van der Waals surface area contributed by atoms with Gasteiger partial charge in [0.1, 0.15) is 11.2 Å². The molecule has 0 heterocycles. The Hall–Kier alpha value is -1.56. The normalized spacial score (nSPS) is 18.2. The number of hydrogen-bond donors (Lipinski definition) is 2. The molecule has 0 unspecified atom stereocenters. The molecule has 0 aromatic heterocycles. The van der Waals surface area contributed by atoms with Gasteiger partial charge in [-0.05, 0) is 73.6 Å². The van der Waals surface area contributed by atoms with Crippen molar-refractivity contribution in [2.45, 2.75) is 108 Å². The molecule has 2 saturated carbocycles. The van der Waals surface area contributed by atoms with E-state index in [0.717, 1.165) is 6.42 Å². The molecule has 2 aliphatic carbocycles. The van der Waals surface area contributed by atoms with Crippen LogP contribution < -0.4 is 9.44 Å². The van der Waals surface area contributed by atoms with E-state index in [2.05, 4.69) is 0 Å². The number of sulfonamides is 2. The monoisotopic (exact) mass is 484 g/mol. The number of nitrogens with one attached hydrogen (secondary N) is 2. The molecule has 2 rings (SSSR count). The third-order valence-corrected chi connectivity index (χ3v) is 8.28. The lowest BCUT2D eigenvalue weighted by atomic mass is 10.2. The molecule has 2 aliphatic rings.